The number of carbonyl (C=O) groups excluding carboxylic acids is 2. The van der Waals surface area contributed by atoms with Gasteiger partial charge in [-0.1, -0.05) is 76.6 Å². The highest BCUT2D eigenvalue weighted by Gasteiger charge is 2.14. The van der Waals surface area contributed by atoms with Crippen LogP contribution in [0.15, 0.2) is 60.9 Å². The quantitative estimate of drug-likeness (QED) is 0.132. The highest BCUT2D eigenvalue weighted by atomic mass is 16.5. The first-order chi connectivity index (χ1) is 19.4. The molecule has 214 valence electrons. The van der Waals surface area contributed by atoms with Crippen LogP contribution in [0.5, 0.6) is 0 Å². The van der Waals surface area contributed by atoms with Crippen molar-refractivity contribution in [2.24, 2.45) is 0 Å². The Morgan fingerprint density at radius 3 is 1.45 bits per heavy atom. The minimum absolute atomic E-state index is 0.0893. The van der Waals surface area contributed by atoms with Crippen molar-refractivity contribution in [1.29, 1.82) is 0 Å². The van der Waals surface area contributed by atoms with Crippen molar-refractivity contribution in [3.05, 3.63) is 72.1 Å². The first-order valence-corrected chi connectivity index (χ1v) is 14.9. The van der Waals surface area contributed by atoms with Crippen molar-refractivity contribution in [3.63, 3.8) is 0 Å². The van der Waals surface area contributed by atoms with Gasteiger partial charge in [0.25, 0.3) is 0 Å². The van der Waals surface area contributed by atoms with Crippen molar-refractivity contribution in [2.45, 2.75) is 104 Å². The third kappa shape index (κ3) is 9.89. The van der Waals surface area contributed by atoms with Crippen LogP contribution in [-0.4, -0.2) is 34.1 Å². The fraction of sp³-hybridized carbons (Fsp3) is 0.471. The summed E-state index contributed by atoms with van der Waals surface area (Å²) in [6.45, 7) is 8.27. The Morgan fingerprint density at radius 1 is 0.600 bits per heavy atom. The van der Waals surface area contributed by atoms with E-state index in [-0.39, 0.29) is 24.1 Å². The lowest BCUT2D eigenvalue weighted by Crippen LogP contribution is -2.15. The van der Waals surface area contributed by atoms with Gasteiger partial charge in [0.05, 0.1) is 23.3 Å². The number of unbranched alkanes of at least 4 members (excludes halogenated alkanes) is 6. The number of rotatable bonds is 16. The van der Waals surface area contributed by atoms with Crippen LogP contribution in [0.4, 0.5) is 0 Å². The Bertz CT molecular complexity index is 1080. The molecule has 0 aliphatic heterocycles. The molecule has 6 nitrogen and oxygen atoms in total. The molecule has 1 heterocycles. The lowest BCUT2D eigenvalue weighted by Gasteiger charge is -2.13. The number of esters is 2. The van der Waals surface area contributed by atoms with Gasteiger partial charge >= 0.3 is 11.9 Å². The second-order valence-corrected chi connectivity index (χ2v) is 10.6. The van der Waals surface area contributed by atoms with Gasteiger partial charge in [0.2, 0.25) is 0 Å². The number of nitrogens with zero attached hydrogens (tertiary/aromatic N) is 2. The van der Waals surface area contributed by atoms with Crippen LogP contribution >= 0.6 is 0 Å². The zero-order chi connectivity index (χ0) is 28.7. The van der Waals surface area contributed by atoms with Gasteiger partial charge in [-0.15, -0.1) is 0 Å². The Balaban J connectivity index is 1.53. The molecule has 0 aliphatic rings. The summed E-state index contributed by atoms with van der Waals surface area (Å²) in [6.07, 6.45) is 14.4. The molecule has 0 spiro atoms. The Kier molecular flexibility index (Phi) is 12.8. The van der Waals surface area contributed by atoms with Crippen molar-refractivity contribution in [1.82, 2.24) is 9.97 Å². The molecule has 2 atom stereocenters. The number of hydrogen-bond donors (Lipinski definition) is 0. The molecule has 0 radical (unpaired) electrons. The van der Waals surface area contributed by atoms with Crippen LogP contribution < -0.4 is 0 Å². The van der Waals surface area contributed by atoms with Gasteiger partial charge in [-0.3, -0.25) is 0 Å². The van der Waals surface area contributed by atoms with Crippen LogP contribution in [-0.2, 0) is 9.47 Å². The second-order valence-electron chi connectivity index (χ2n) is 10.6. The minimum atomic E-state index is -0.306. The largest absolute Gasteiger partial charge is 0.459 e. The summed E-state index contributed by atoms with van der Waals surface area (Å²) in [5.41, 5.74) is 3.63. The summed E-state index contributed by atoms with van der Waals surface area (Å²) in [6, 6.07) is 14.5. The fourth-order valence-corrected chi connectivity index (χ4v) is 4.52. The van der Waals surface area contributed by atoms with Gasteiger partial charge in [-0.2, -0.15) is 0 Å². The van der Waals surface area contributed by atoms with Crippen molar-refractivity contribution in [2.75, 3.05) is 0 Å². The number of carbonyl (C=O) groups is 2. The van der Waals surface area contributed by atoms with E-state index in [1.54, 1.807) is 36.7 Å². The first kappa shape index (κ1) is 31.0. The summed E-state index contributed by atoms with van der Waals surface area (Å²) in [5, 5.41) is 0. The maximum absolute atomic E-state index is 12.5. The Morgan fingerprint density at radius 2 is 1.02 bits per heavy atom. The van der Waals surface area contributed by atoms with Crippen LogP contribution in [0.2, 0.25) is 0 Å². The molecular formula is C34H44N2O4. The van der Waals surface area contributed by atoms with Gasteiger partial charge < -0.3 is 9.47 Å². The molecule has 3 rings (SSSR count). The van der Waals surface area contributed by atoms with E-state index in [1.807, 2.05) is 38.1 Å². The molecule has 0 unspecified atom stereocenters. The zero-order valence-electron chi connectivity index (χ0n) is 24.5. The summed E-state index contributed by atoms with van der Waals surface area (Å²) >= 11 is 0. The van der Waals surface area contributed by atoms with Gasteiger partial charge in [-0.25, -0.2) is 19.6 Å². The SMILES string of the molecule is CCCCCC[C@H](C)OC(=O)c1ccc(-c2cnc(-c3ccc(C(=O)O[C@@H](C)CCCCCC)cc3)nc2)cc1. The molecule has 0 N–H and O–H groups in total. The average Bonchev–Trinajstić information content (AvgIpc) is 2.98. The maximum Gasteiger partial charge on any atom is 0.338 e. The van der Waals surface area contributed by atoms with E-state index in [9.17, 15) is 9.59 Å². The van der Waals surface area contributed by atoms with E-state index in [2.05, 4.69) is 23.8 Å². The van der Waals surface area contributed by atoms with Gasteiger partial charge in [-0.05, 0) is 69.4 Å². The predicted octanol–water partition coefficient (Wildman–Crippen LogP) is 8.84. The van der Waals surface area contributed by atoms with E-state index >= 15 is 0 Å². The van der Waals surface area contributed by atoms with Crippen molar-refractivity contribution in [3.8, 4) is 22.5 Å². The summed E-state index contributed by atoms with van der Waals surface area (Å²) in [4.78, 5) is 34.0. The molecule has 0 bridgehead atoms. The fourth-order valence-electron chi connectivity index (χ4n) is 4.52. The summed E-state index contributed by atoms with van der Waals surface area (Å²) in [7, 11) is 0. The molecule has 2 aromatic carbocycles. The molecule has 0 saturated heterocycles. The van der Waals surface area contributed by atoms with Crippen LogP contribution in [0.25, 0.3) is 22.5 Å². The first-order valence-electron chi connectivity index (χ1n) is 14.9. The molecule has 0 amide bonds. The van der Waals surface area contributed by atoms with E-state index < -0.39 is 0 Å². The number of ether oxygens (including phenoxy) is 2. The summed E-state index contributed by atoms with van der Waals surface area (Å²) in [5.74, 6) is -0.0319. The Labute approximate surface area is 239 Å². The van der Waals surface area contributed by atoms with E-state index in [1.165, 1.54) is 38.5 Å². The number of benzene rings is 2. The topological polar surface area (TPSA) is 78.4 Å². The van der Waals surface area contributed by atoms with Gasteiger partial charge in [0, 0.05) is 23.5 Å². The van der Waals surface area contributed by atoms with Crippen molar-refractivity contribution >= 4 is 11.9 Å². The molecule has 3 aromatic rings. The zero-order valence-corrected chi connectivity index (χ0v) is 24.5. The number of aromatic nitrogens is 2. The number of hydrogen-bond acceptors (Lipinski definition) is 6. The smallest absolute Gasteiger partial charge is 0.338 e. The van der Waals surface area contributed by atoms with Gasteiger partial charge in [0.15, 0.2) is 5.82 Å². The second kappa shape index (κ2) is 16.5. The predicted molar refractivity (Wildman–Crippen MR) is 160 cm³/mol. The third-order valence-corrected chi connectivity index (χ3v) is 7.03. The molecule has 0 aliphatic carbocycles. The standard InChI is InChI=1S/C34H44N2O4/c1-5-7-9-11-13-25(3)39-33(37)29-19-15-27(16-20-29)31-23-35-32(36-24-31)28-17-21-30(22-18-28)34(38)40-26(4)14-12-10-8-6-2/h15-26H,5-14H2,1-4H3/t25-,26-/m0/s1. The maximum atomic E-state index is 12.5. The van der Waals surface area contributed by atoms with Crippen molar-refractivity contribution < 1.29 is 19.1 Å². The van der Waals surface area contributed by atoms with Crippen LogP contribution in [0, 0.1) is 0 Å². The van der Waals surface area contributed by atoms with Crippen LogP contribution in [0.1, 0.15) is 113 Å². The van der Waals surface area contributed by atoms with Crippen LogP contribution in [0.3, 0.4) is 0 Å². The lowest BCUT2D eigenvalue weighted by molar-refractivity contribution is 0.0309. The van der Waals surface area contributed by atoms with E-state index in [0.29, 0.717) is 17.0 Å². The highest BCUT2D eigenvalue weighted by Crippen LogP contribution is 2.22. The lowest BCUT2D eigenvalue weighted by atomic mass is 10.1. The molecular weight excluding hydrogens is 500 g/mol. The average molecular weight is 545 g/mol. The highest BCUT2D eigenvalue weighted by molar-refractivity contribution is 5.90. The Hall–Kier alpha value is -3.54. The molecule has 6 heteroatoms. The minimum Gasteiger partial charge on any atom is -0.459 e. The molecule has 0 fully saturated rings. The van der Waals surface area contributed by atoms with E-state index in [0.717, 1.165) is 42.4 Å². The monoisotopic (exact) mass is 544 g/mol. The summed E-state index contributed by atoms with van der Waals surface area (Å²) < 4.78 is 11.2. The van der Waals surface area contributed by atoms with E-state index in [4.69, 9.17) is 9.47 Å². The molecule has 40 heavy (non-hydrogen) atoms. The van der Waals surface area contributed by atoms with Gasteiger partial charge in [0.1, 0.15) is 0 Å². The normalized spacial score (nSPS) is 12.5. The molecule has 1 aromatic heterocycles. The third-order valence-electron chi connectivity index (χ3n) is 7.03. The molecule has 0 saturated carbocycles.